The summed E-state index contributed by atoms with van der Waals surface area (Å²) in [5.41, 5.74) is -0.582. The SMILES string of the molecule is CCCN(CC(=O)Nc1ccc(F)c(F)c1F)S(=O)(=O)c1ccc(Cl)s1. The maximum absolute atomic E-state index is 13.6. The number of carbonyl (C=O) groups is 1. The lowest BCUT2D eigenvalue weighted by molar-refractivity contribution is -0.116. The molecule has 2 aromatic rings. The third-order valence-corrected chi connectivity index (χ3v) is 6.79. The number of rotatable bonds is 7. The quantitative estimate of drug-likeness (QED) is 0.684. The Kier molecular flexibility index (Phi) is 6.67. The lowest BCUT2D eigenvalue weighted by Crippen LogP contribution is -2.38. The van der Waals surface area contributed by atoms with Gasteiger partial charge in [0.1, 0.15) is 4.21 Å². The third kappa shape index (κ3) is 4.56. The summed E-state index contributed by atoms with van der Waals surface area (Å²) in [6.07, 6.45) is 0.422. The van der Waals surface area contributed by atoms with Gasteiger partial charge in [0, 0.05) is 6.54 Å². The van der Waals surface area contributed by atoms with E-state index in [1.165, 1.54) is 12.1 Å². The van der Waals surface area contributed by atoms with Crippen molar-refractivity contribution >= 4 is 44.6 Å². The van der Waals surface area contributed by atoms with E-state index in [9.17, 15) is 26.4 Å². The fourth-order valence-corrected chi connectivity index (χ4v) is 5.19. The van der Waals surface area contributed by atoms with Gasteiger partial charge in [-0.3, -0.25) is 4.79 Å². The minimum absolute atomic E-state index is 0.0333. The van der Waals surface area contributed by atoms with Crippen LogP contribution in [0.4, 0.5) is 18.9 Å². The molecule has 1 amide bonds. The molecule has 0 radical (unpaired) electrons. The van der Waals surface area contributed by atoms with Gasteiger partial charge >= 0.3 is 0 Å². The Morgan fingerprint density at radius 1 is 1.19 bits per heavy atom. The van der Waals surface area contributed by atoms with E-state index in [1.54, 1.807) is 6.92 Å². The Bertz CT molecular complexity index is 919. The molecule has 1 N–H and O–H groups in total. The van der Waals surface area contributed by atoms with Crippen LogP contribution in [0.1, 0.15) is 13.3 Å². The second-order valence-corrected chi connectivity index (χ2v) is 9.05. The summed E-state index contributed by atoms with van der Waals surface area (Å²) in [4.78, 5) is 12.1. The van der Waals surface area contributed by atoms with Gasteiger partial charge in [0.05, 0.1) is 16.6 Å². The normalized spacial score (nSPS) is 11.8. The third-order valence-electron chi connectivity index (χ3n) is 3.24. The van der Waals surface area contributed by atoms with E-state index in [0.717, 1.165) is 21.7 Å². The number of anilines is 1. The molecule has 1 heterocycles. The second kappa shape index (κ2) is 8.38. The summed E-state index contributed by atoms with van der Waals surface area (Å²) in [5.74, 6) is -5.58. The van der Waals surface area contributed by atoms with E-state index in [0.29, 0.717) is 12.5 Å². The molecule has 0 unspecified atom stereocenters. The largest absolute Gasteiger partial charge is 0.322 e. The molecule has 0 atom stereocenters. The Labute approximate surface area is 157 Å². The lowest BCUT2D eigenvalue weighted by atomic mass is 10.2. The van der Waals surface area contributed by atoms with Gasteiger partial charge in [-0.15, -0.1) is 11.3 Å². The van der Waals surface area contributed by atoms with E-state index >= 15 is 0 Å². The number of halogens is 4. The molecule has 5 nitrogen and oxygen atoms in total. The Hall–Kier alpha value is -1.62. The molecule has 1 aromatic heterocycles. The highest BCUT2D eigenvalue weighted by Crippen LogP contribution is 2.28. The van der Waals surface area contributed by atoms with Gasteiger partial charge in [0.25, 0.3) is 10.0 Å². The molecule has 0 fully saturated rings. The summed E-state index contributed by atoms with van der Waals surface area (Å²) in [5, 5.41) is 2.05. The molecular formula is C15H14ClF3N2O3S2. The van der Waals surface area contributed by atoms with Crippen molar-refractivity contribution < 1.29 is 26.4 Å². The van der Waals surface area contributed by atoms with Crippen molar-refractivity contribution in [2.45, 2.75) is 17.6 Å². The minimum atomic E-state index is -3.98. The number of benzene rings is 1. The van der Waals surface area contributed by atoms with Gasteiger partial charge in [-0.05, 0) is 30.7 Å². The molecule has 26 heavy (non-hydrogen) atoms. The molecule has 0 bridgehead atoms. The summed E-state index contributed by atoms with van der Waals surface area (Å²) >= 11 is 6.59. The van der Waals surface area contributed by atoms with Gasteiger partial charge < -0.3 is 5.32 Å². The van der Waals surface area contributed by atoms with Crippen LogP contribution in [0.15, 0.2) is 28.5 Å². The predicted octanol–water partition coefficient (Wildman–Crippen LogP) is 3.86. The van der Waals surface area contributed by atoms with Gasteiger partial charge in [0.15, 0.2) is 17.5 Å². The topological polar surface area (TPSA) is 66.5 Å². The predicted molar refractivity (Wildman–Crippen MR) is 93.3 cm³/mol. The molecule has 2 rings (SSSR count). The minimum Gasteiger partial charge on any atom is -0.322 e. The monoisotopic (exact) mass is 426 g/mol. The number of sulfonamides is 1. The van der Waals surface area contributed by atoms with Crippen LogP contribution < -0.4 is 5.32 Å². The van der Waals surface area contributed by atoms with Crippen molar-refractivity contribution in [1.82, 2.24) is 4.31 Å². The first-order valence-electron chi connectivity index (χ1n) is 7.35. The van der Waals surface area contributed by atoms with E-state index in [-0.39, 0.29) is 15.1 Å². The fourth-order valence-electron chi connectivity index (χ4n) is 2.07. The average Bonchev–Trinajstić information content (AvgIpc) is 3.02. The molecule has 0 spiro atoms. The molecule has 142 valence electrons. The highest BCUT2D eigenvalue weighted by molar-refractivity contribution is 7.91. The fraction of sp³-hybridized carbons (Fsp3) is 0.267. The number of carbonyl (C=O) groups excluding carboxylic acids is 1. The van der Waals surface area contributed by atoms with Crippen molar-refractivity contribution in [3.05, 3.63) is 46.1 Å². The maximum atomic E-state index is 13.6. The standard InChI is InChI=1S/C15H14ClF3N2O3S2/c1-2-7-21(26(23,24)13-6-5-11(16)25-13)8-12(22)20-10-4-3-9(17)14(18)15(10)19/h3-6H,2,7-8H2,1H3,(H,20,22). The van der Waals surface area contributed by atoms with E-state index in [1.807, 2.05) is 5.32 Å². The van der Waals surface area contributed by atoms with Crippen LogP contribution in [-0.2, 0) is 14.8 Å². The first kappa shape index (κ1) is 20.7. The second-order valence-electron chi connectivity index (χ2n) is 5.17. The van der Waals surface area contributed by atoms with E-state index in [4.69, 9.17) is 11.6 Å². The first-order chi connectivity index (χ1) is 12.2. The number of nitrogens with zero attached hydrogens (tertiary/aromatic N) is 1. The van der Waals surface area contributed by atoms with Crippen LogP contribution in [0.25, 0.3) is 0 Å². The van der Waals surface area contributed by atoms with Crippen molar-refractivity contribution in [3.8, 4) is 0 Å². The van der Waals surface area contributed by atoms with Crippen LogP contribution >= 0.6 is 22.9 Å². The Balaban J connectivity index is 2.20. The Morgan fingerprint density at radius 3 is 2.46 bits per heavy atom. The lowest BCUT2D eigenvalue weighted by Gasteiger charge is -2.20. The van der Waals surface area contributed by atoms with Crippen molar-refractivity contribution in [2.75, 3.05) is 18.4 Å². The number of hydrogen-bond donors (Lipinski definition) is 1. The zero-order valence-corrected chi connectivity index (χ0v) is 15.8. The molecule has 11 heteroatoms. The number of nitrogens with one attached hydrogen (secondary N) is 1. The smallest absolute Gasteiger partial charge is 0.253 e. The van der Waals surface area contributed by atoms with Crippen molar-refractivity contribution in [3.63, 3.8) is 0 Å². The summed E-state index contributed by atoms with van der Waals surface area (Å²) in [7, 11) is -3.98. The zero-order chi connectivity index (χ0) is 19.5. The highest BCUT2D eigenvalue weighted by atomic mass is 35.5. The summed E-state index contributed by atoms with van der Waals surface area (Å²) < 4.78 is 66.1. The molecule has 0 aliphatic heterocycles. The van der Waals surface area contributed by atoms with Crippen molar-refractivity contribution in [1.29, 1.82) is 0 Å². The Morgan fingerprint density at radius 2 is 1.88 bits per heavy atom. The number of amides is 1. The highest BCUT2D eigenvalue weighted by Gasteiger charge is 2.28. The van der Waals surface area contributed by atoms with Crippen LogP contribution in [0, 0.1) is 17.5 Å². The number of hydrogen-bond acceptors (Lipinski definition) is 4. The molecule has 0 saturated heterocycles. The van der Waals surface area contributed by atoms with Crippen LogP contribution in [0.5, 0.6) is 0 Å². The number of thiophene rings is 1. The summed E-state index contributed by atoms with van der Waals surface area (Å²) in [6, 6.07) is 4.24. The molecule has 0 saturated carbocycles. The van der Waals surface area contributed by atoms with Crippen LogP contribution in [0.2, 0.25) is 4.34 Å². The van der Waals surface area contributed by atoms with Crippen LogP contribution in [0.3, 0.4) is 0 Å². The molecule has 1 aromatic carbocycles. The van der Waals surface area contributed by atoms with E-state index < -0.39 is 45.6 Å². The van der Waals surface area contributed by atoms with Crippen molar-refractivity contribution in [2.24, 2.45) is 0 Å². The summed E-state index contributed by atoms with van der Waals surface area (Å²) in [6.45, 7) is 1.13. The van der Waals surface area contributed by atoms with Gasteiger partial charge in [-0.1, -0.05) is 18.5 Å². The molecule has 0 aliphatic carbocycles. The molecular weight excluding hydrogens is 413 g/mol. The van der Waals surface area contributed by atoms with Gasteiger partial charge in [-0.25, -0.2) is 21.6 Å². The van der Waals surface area contributed by atoms with Gasteiger partial charge in [0.2, 0.25) is 5.91 Å². The van der Waals surface area contributed by atoms with Crippen LogP contribution in [-0.4, -0.2) is 31.7 Å². The first-order valence-corrected chi connectivity index (χ1v) is 9.99. The molecule has 0 aliphatic rings. The zero-order valence-electron chi connectivity index (χ0n) is 13.4. The van der Waals surface area contributed by atoms with Gasteiger partial charge in [-0.2, -0.15) is 4.31 Å². The average molecular weight is 427 g/mol. The maximum Gasteiger partial charge on any atom is 0.253 e. The van der Waals surface area contributed by atoms with E-state index in [2.05, 4.69) is 0 Å².